The van der Waals surface area contributed by atoms with Crippen LogP contribution < -0.4 is 0 Å². The van der Waals surface area contributed by atoms with E-state index in [-0.39, 0.29) is 5.78 Å². The number of nitrogens with zero attached hydrogens (tertiary/aromatic N) is 2. The predicted octanol–water partition coefficient (Wildman–Crippen LogP) is 2.23. The van der Waals surface area contributed by atoms with E-state index in [0.29, 0.717) is 6.42 Å². The predicted molar refractivity (Wildman–Crippen MR) is 57.3 cm³/mol. The third kappa shape index (κ3) is 1.70. The second-order valence-electron chi connectivity index (χ2n) is 3.22. The molecule has 0 radical (unpaired) electrons. The standard InChI is InChI=1S/C10H9BrN2O/c1-7(14)4-8-5-9(11)6-13-10(8)2-3-12-13/h2-3,5-6H,4H2,1H3. The van der Waals surface area contributed by atoms with Gasteiger partial charge in [-0.25, -0.2) is 4.52 Å². The molecular formula is C10H9BrN2O. The van der Waals surface area contributed by atoms with Crippen molar-refractivity contribution < 1.29 is 4.79 Å². The Kier molecular flexibility index (Phi) is 2.37. The lowest BCUT2D eigenvalue weighted by molar-refractivity contribution is -0.116. The molecule has 0 aliphatic carbocycles. The summed E-state index contributed by atoms with van der Waals surface area (Å²) in [5.74, 6) is 0.159. The molecular weight excluding hydrogens is 244 g/mol. The molecule has 2 heterocycles. The molecule has 0 saturated heterocycles. The van der Waals surface area contributed by atoms with Crippen LogP contribution in [0.4, 0.5) is 0 Å². The minimum absolute atomic E-state index is 0.159. The van der Waals surface area contributed by atoms with Crippen molar-refractivity contribution in [1.29, 1.82) is 0 Å². The molecule has 72 valence electrons. The molecule has 2 aromatic rings. The number of aromatic nitrogens is 2. The first kappa shape index (κ1) is 9.40. The summed E-state index contributed by atoms with van der Waals surface area (Å²) >= 11 is 3.39. The first-order valence-electron chi connectivity index (χ1n) is 4.28. The number of ketones is 1. The fourth-order valence-electron chi connectivity index (χ4n) is 1.48. The maximum Gasteiger partial charge on any atom is 0.134 e. The van der Waals surface area contributed by atoms with Crippen molar-refractivity contribution in [2.24, 2.45) is 0 Å². The summed E-state index contributed by atoms with van der Waals surface area (Å²) in [5, 5.41) is 4.12. The Morgan fingerprint density at radius 2 is 2.43 bits per heavy atom. The number of carbonyl (C=O) groups excluding carboxylic acids is 1. The van der Waals surface area contributed by atoms with E-state index in [2.05, 4.69) is 21.0 Å². The molecule has 0 aliphatic heterocycles. The maximum absolute atomic E-state index is 11.0. The van der Waals surface area contributed by atoms with Crippen molar-refractivity contribution in [2.75, 3.05) is 0 Å². The summed E-state index contributed by atoms with van der Waals surface area (Å²) in [6.45, 7) is 1.59. The number of halogens is 1. The minimum atomic E-state index is 0.159. The number of Topliss-reactive ketones (excluding diaryl/α,β-unsaturated/α-hetero) is 1. The van der Waals surface area contributed by atoms with E-state index in [9.17, 15) is 4.79 Å². The van der Waals surface area contributed by atoms with Crippen molar-refractivity contribution in [3.8, 4) is 0 Å². The lowest BCUT2D eigenvalue weighted by Crippen LogP contribution is -1.99. The molecule has 0 atom stereocenters. The van der Waals surface area contributed by atoms with Gasteiger partial charge in [-0.2, -0.15) is 5.10 Å². The van der Waals surface area contributed by atoms with E-state index in [1.54, 1.807) is 17.6 Å². The van der Waals surface area contributed by atoms with Crippen molar-refractivity contribution in [1.82, 2.24) is 9.61 Å². The van der Waals surface area contributed by atoms with Gasteiger partial charge in [-0.05, 0) is 40.5 Å². The monoisotopic (exact) mass is 252 g/mol. The minimum Gasteiger partial charge on any atom is -0.300 e. The normalized spacial score (nSPS) is 10.7. The van der Waals surface area contributed by atoms with Crippen molar-refractivity contribution in [2.45, 2.75) is 13.3 Å². The van der Waals surface area contributed by atoms with Crippen LogP contribution in [0.25, 0.3) is 5.52 Å². The average molecular weight is 253 g/mol. The highest BCUT2D eigenvalue weighted by atomic mass is 79.9. The van der Waals surface area contributed by atoms with Crippen LogP contribution in [0.1, 0.15) is 12.5 Å². The van der Waals surface area contributed by atoms with E-state index >= 15 is 0 Å². The number of rotatable bonds is 2. The van der Waals surface area contributed by atoms with Crippen LogP contribution in [-0.4, -0.2) is 15.4 Å². The lowest BCUT2D eigenvalue weighted by atomic mass is 10.1. The van der Waals surface area contributed by atoms with E-state index in [4.69, 9.17) is 0 Å². The Hall–Kier alpha value is -1.16. The van der Waals surface area contributed by atoms with Gasteiger partial charge in [0.1, 0.15) is 5.78 Å². The van der Waals surface area contributed by atoms with E-state index < -0.39 is 0 Å². The highest BCUT2D eigenvalue weighted by Gasteiger charge is 2.05. The molecule has 2 aromatic heterocycles. The molecule has 0 N–H and O–H groups in total. The van der Waals surface area contributed by atoms with Crippen LogP contribution in [-0.2, 0) is 11.2 Å². The van der Waals surface area contributed by atoms with Crippen LogP contribution in [0.2, 0.25) is 0 Å². The number of fused-ring (bicyclic) bond motifs is 1. The number of carbonyl (C=O) groups is 1. The molecule has 2 rings (SSSR count). The highest BCUT2D eigenvalue weighted by molar-refractivity contribution is 9.10. The molecule has 0 spiro atoms. The van der Waals surface area contributed by atoms with Gasteiger partial charge in [0.25, 0.3) is 0 Å². The molecule has 3 nitrogen and oxygen atoms in total. The van der Waals surface area contributed by atoms with Gasteiger partial charge < -0.3 is 0 Å². The van der Waals surface area contributed by atoms with Crippen molar-refractivity contribution in [3.63, 3.8) is 0 Å². The van der Waals surface area contributed by atoms with Gasteiger partial charge in [0, 0.05) is 23.3 Å². The Morgan fingerprint density at radius 1 is 1.64 bits per heavy atom. The Morgan fingerprint density at radius 3 is 3.14 bits per heavy atom. The van der Waals surface area contributed by atoms with Gasteiger partial charge in [0.15, 0.2) is 0 Å². The Labute approximate surface area is 89.9 Å². The molecule has 0 amide bonds. The average Bonchev–Trinajstić information content (AvgIpc) is 2.50. The molecule has 0 fully saturated rings. The third-order valence-electron chi connectivity index (χ3n) is 2.00. The van der Waals surface area contributed by atoms with Crippen LogP contribution in [0.15, 0.2) is 29.0 Å². The Bertz CT molecular complexity index is 490. The summed E-state index contributed by atoms with van der Waals surface area (Å²) in [7, 11) is 0. The third-order valence-corrected chi connectivity index (χ3v) is 2.43. The van der Waals surface area contributed by atoms with E-state index in [1.165, 1.54) is 0 Å². The fraction of sp³-hybridized carbons (Fsp3) is 0.200. The van der Waals surface area contributed by atoms with Crippen LogP contribution in [0, 0.1) is 0 Å². The molecule has 14 heavy (non-hydrogen) atoms. The van der Waals surface area contributed by atoms with Crippen LogP contribution in [0.5, 0.6) is 0 Å². The molecule has 0 saturated carbocycles. The van der Waals surface area contributed by atoms with E-state index in [1.807, 2.05) is 18.3 Å². The molecule has 0 aromatic carbocycles. The summed E-state index contributed by atoms with van der Waals surface area (Å²) in [6, 6.07) is 3.86. The summed E-state index contributed by atoms with van der Waals surface area (Å²) in [4.78, 5) is 11.0. The first-order chi connectivity index (χ1) is 6.66. The first-order valence-corrected chi connectivity index (χ1v) is 5.07. The van der Waals surface area contributed by atoms with Gasteiger partial charge in [0.2, 0.25) is 0 Å². The number of pyridine rings is 1. The zero-order chi connectivity index (χ0) is 10.1. The zero-order valence-electron chi connectivity index (χ0n) is 7.70. The summed E-state index contributed by atoms with van der Waals surface area (Å²) in [5.41, 5.74) is 1.99. The van der Waals surface area contributed by atoms with Gasteiger partial charge in [-0.3, -0.25) is 4.79 Å². The quantitative estimate of drug-likeness (QED) is 0.822. The molecule has 0 bridgehead atoms. The largest absolute Gasteiger partial charge is 0.300 e. The highest BCUT2D eigenvalue weighted by Crippen LogP contribution is 2.17. The molecule has 0 unspecified atom stereocenters. The topological polar surface area (TPSA) is 34.4 Å². The lowest BCUT2D eigenvalue weighted by Gasteiger charge is -2.02. The fourth-order valence-corrected chi connectivity index (χ4v) is 1.95. The maximum atomic E-state index is 11.0. The second-order valence-corrected chi connectivity index (χ2v) is 4.14. The van der Waals surface area contributed by atoms with Gasteiger partial charge in [-0.1, -0.05) is 0 Å². The van der Waals surface area contributed by atoms with Crippen LogP contribution in [0.3, 0.4) is 0 Å². The van der Waals surface area contributed by atoms with Crippen LogP contribution >= 0.6 is 15.9 Å². The summed E-state index contributed by atoms with van der Waals surface area (Å²) in [6.07, 6.45) is 4.05. The van der Waals surface area contributed by atoms with Gasteiger partial charge >= 0.3 is 0 Å². The molecule has 4 heteroatoms. The smallest absolute Gasteiger partial charge is 0.134 e. The number of hydrogen-bond acceptors (Lipinski definition) is 2. The van der Waals surface area contributed by atoms with Gasteiger partial charge in [-0.15, -0.1) is 0 Å². The van der Waals surface area contributed by atoms with Crippen molar-refractivity contribution >= 4 is 27.2 Å². The second kappa shape index (κ2) is 3.53. The van der Waals surface area contributed by atoms with E-state index in [0.717, 1.165) is 15.6 Å². The zero-order valence-corrected chi connectivity index (χ0v) is 9.28. The Balaban J connectivity index is 2.60. The SMILES string of the molecule is CC(=O)Cc1cc(Br)cn2nccc12. The van der Waals surface area contributed by atoms with Crippen molar-refractivity contribution in [3.05, 3.63) is 34.6 Å². The molecule has 0 aliphatic rings. The van der Waals surface area contributed by atoms with Gasteiger partial charge in [0.05, 0.1) is 5.52 Å². The number of hydrogen-bond donors (Lipinski definition) is 0. The summed E-state index contributed by atoms with van der Waals surface area (Å²) < 4.78 is 2.70.